The van der Waals surface area contributed by atoms with Crippen molar-refractivity contribution in [2.24, 2.45) is 12.0 Å². The monoisotopic (exact) mass is 556 g/mol. The second-order valence-corrected chi connectivity index (χ2v) is 9.60. The van der Waals surface area contributed by atoms with Crippen LogP contribution in [-0.4, -0.2) is 68.8 Å². The zero-order chi connectivity index (χ0) is 21.4. The maximum absolute atomic E-state index is 12.2. The van der Waals surface area contributed by atoms with E-state index >= 15 is 0 Å². The van der Waals surface area contributed by atoms with Crippen LogP contribution >= 0.6 is 24.0 Å². The highest BCUT2D eigenvalue weighted by Gasteiger charge is 2.18. The minimum atomic E-state index is -3.36. The Kier molecular flexibility index (Phi) is 11.6. The third-order valence-electron chi connectivity index (χ3n) is 5.24. The number of nitrogens with zero attached hydrogens (tertiary/aromatic N) is 3. The number of aromatic nitrogens is 2. The minimum Gasteiger partial charge on any atom is -0.377 e. The molecule has 1 aliphatic heterocycles. The molecule has 0 saturated carbocycles. The summed E-state index contributed by atoms with van der Waals surface area (Å²) in [4.78, 5) is 4.20. The number of sulfonamides is 1. The van der Waals surface area contributed by atoms with E-state index in [1.165, 1.54) is 5.56 Å². The van der Waals surface area contributed by atoms with Crippen molar-refractivity contribution in [3.05, 3.63) is 17.0 Å². The van der Waals surface area contributed by atoms with E-state index in [1.54, 1.807) is 7.05 Å². The molecule has 1 aromatic rings. The molecule has 1 fully saturated rings. The van der Waals surface area contributed by atoms with Gasteiger partial charge in [0.05, 0.1) is 17.6 Å². The van der Waals surface area contributed by atoms with Crippen molar-refractivity contribution < 1.29 is 13.2 Å². The third kappa shape index (κ3) is 8.67. The van der Waals surface area contributed by atoms with Gasteiger partial charge in [-0.1, -0.05) is 0 Å². The van der Waals surface area contributed by atoms with Crippen LogP contribution in [0.5, 0.6) is 0 Å². The van der Waals surface area contributed by atoms with Gasteiger partial charge in [-0.05, 0) is 52.0 Å². The Hall–Kier alpha value is -0.920. The van der Waals surface area contributed by atoms with Crippen LogP contribution in [0.15, 0.2) is 4.99 Å². The zero-order valence-electron chi connectivity index (χ0n) is 18.7. The summed E-state index contributed by atoms with van der Waals surface area (Å²) in [5, 5.41) is 10.8. The molecule has 2 heterocycles. The highest BCUT2D eigenvalue weighted by atomic mass is 127. The van der Waals surface area contributed by atoms with Crippen molar-refractivity contribution in [2.75, 3.05) is 32.5 Å². The molecule has 0 amide bonds. The van der Waals surface area contributed by atoms with E-state index in [0.717, 1.165) is 37.1 Å². The average Bonchev–Trinajstić information content (AvgIpc) is 2.92. The van der Waals surface area contributed by atoms with Gasteiger partial charge in [0.25, 0.3) is 0 Å². The molecule has 0 aliphatic carbocycles. The van der Waals surface area contributed by atoms with E-state index < -0.39 is 10.0 Å². The van der Waals surface area contributed by atoms with Gasteiger partial charge >= 0.3 is 0 Å². The molecule has 1 aliphatic rings. The van der Waals surface area contributed by atoms with Crippen molar-refractivity contribution in [1.82, 2.24) is 25.1 Å². The lowest BCUT2D eigenvalue weighted by Gasteiger charge is -2.22. The molecule has 1 saturated heterocycles. The molecule has 0 bridgehead atoms. The average molecular weight is 557 g/mol. The number of hydrogen-bond donors (Lipinski definition) is 3. The summed E-state index contributed by atoms with van der Waals surface area (Å²) in [6.07, 6.45) is 3.85. The fraction of sp³-hybridized carbons (Fsp3) is 0.789. The van der Waals surface area contributed by atoms with Crippen molar-refractivity contribution in [3.63, 3.8) is 0 Å². The van der Waals surface area contributed by atoms with Gasteiger partial charge < -0.3 is 15.4 Å². The Morgan fingerprint density at radius 3 is 2.67 bits per heavy atom. The first-order valence-corrected chi connectivity index (χ1v) is 11.9. The van der Waals surface area contributed by atoms with Gasteiger partial charge in [0.15, 0.2) is 5.96 Å². The molecule has 1 aromatic heterocycles. The van der Waals surface area contributed by atoms with Gasteiger partial charge in [-0.2, -0.15) is 5.10 Å². The highest BCUT2D eigenvalue weighted by molar-refractivity contribution is 14.0. The highest BCUT2D eigenvalue weighted by Crippen LogP contribution is 2.14. The van der Waals surface area contributed by atoms with Crippen molar-refractivity contribution in [1.29, 1.82) is 0 Å². The van der Waals surface area contributed by atoms with Crippen LogP contribution in [0, 0.1) is 13.8 Å². The molecule has 3 N–H and O–H groups in total. The van der Waals surface area contributed by atoms with E-state index in [9.17, 15) is 8.42 Å². The first kappa shape index (κ1) is 27.1. The number of guanidine groups is 1. The van der Waals surface area contributed by atoms with Crippen LogP contribution in [0.1, 0.15) is 43.1 Å². The Morgan fingerprint density at radius 1 is 1.37 bits per heavy atom. The largest absolute Gasteiger partial charge is 0.377 e. The first-order chi connectivity index (χ1) is 13.7. The molecule has 0 aromatic carbocycles. The van der Waals surface area contributed by atoms with E-state index in [2.05, 4.69) is 39.3 Å². The Morgan fingerprint density at radius 2 is 2.10 bits per heavy atom. The van der Waals surface area contributed by atoms with Gasteiger partial charge in [-0.25, -0.2) is 13.1 Å². The number of rotatable bonds is 9. The molecule has 0 spiro atoms. The number of hydrogen-bond acceptors (Lipinski definition) is 5. The quantitative estimate of drug-likeness (QED) is 0.240. The number of ether oxygens (including phenoxy) is 1. The summed E-state index contributed by atoms with van der Waals surface area (Å²) in [6.45, 7) is 7.48. The van der Waals surface area contributed by atoms with Gasteiger partial charge in [-0.3, -0.25) is 9.67 Å². The van der Waals surface area contributed by atoms with E-state index in [4.69, 9.17) is 4.74 Å². The number of nitrogens with one attached hydrogen (secondary N) is 3. The van der Waals surface area contributed by atoms with Crippen molar-refractivity contribution in [2.45, 2.75) is 58.6 Å². The Bertz CT molecular complexity index is 790. The number of aliphatic imine (C=N–C) groups is 1. The summed E-state index contributed by atoms with van der Waals surface area (Å²) in [6, 6.07) is 0.126. The maximum atomic E-state index is 12.2. The van der Waals surface area contributed by atoms with Crippen LogP contribution in [-0.2, 0) is 28.2 Å². The van der Waals surface area contributed by atoms with Gasteiger partial charge in [-0.15, -0.1) is 24.0 Å². The van der Waals surface area contributed by atoms with Crippen molar-refractivity contribution >= 4 is 40.0 Å². The van der Waals surface area contributed by atoms with Crippen LogP contribution in [0.4, 0.5) is 0 Å². The fourth-order valence-electron chi connectivity index (χ4n) is 3.46. The molecule has 2 unspecified atom stereocenters. The predicted molar refractivity (Wildman–Crippen MR) is 131 cm³/mol. The molecular weight excluding hydrogens is 519 g/mol. The molecule has 2 rings (SSSR count). The molecular formula is C19H37IN6O3S. The summed E-state index contributed by atoms with van der Waals surface area (Å²) in [5.41, 5.74) is 3.40. The van der Waals surface area contributed by atoms with Gasteiger partial charge in [0.2, 0.25) is 10.0 Å². The summed E-state index contributed by atoms with van der Waals surface area (Å²) < 4.78 is 34.5. The Labute approximate surface area is 197 Å². The summed E-state index contributed by atoms with van der Waals surface area (Å²) >= 11 is 0. The van der Waals surface area contributed by atoms with Crippen molar-refractivity contribution in [3.8, 4) is 0 Å². The number of halogens is 1. The third-order valence-corrected chi connectivity index (χ3v) is 6.59. The second kappa shape index (κ2) is 12.8. The molecule has 174 valence electrons. The molecule has 9 nitrogen and oxygen atoms in total. The summed E-state index contributed by atoms with van der Waals surface area (Å²) in [7, 11) is 0.263. The second-order valence-electron chi connectivity index (χ2n) is 7.68. The molecule has 0 radical (unpaired) electrons. The number of aryl methyl sites for hydroxylation is 2. The predicted octanol–water partition coefficient (Wildman–Crippen LogP) is 1.24. The lowest BCUT2D eigenvalue weighted by atomic mass is 10.1. The topological polar surface area (TPSA) is 110 Å². The van der Waals surface area contributed by atoms with Crippen LogP contribution in [0.3, 0.4) is 0 Å². The van der Waals surface area contributed by atoms with Gasteiger partial charge in [0, 0.05) is 45.5 Å². The van der Waals surface area contributed by atoms with E-state index in [1.807, 2.05) is 18.7 Å². The lowest BCUT2D eigenvalue weighted by Crippen LogP contribution is -2.45. The smallest absolute Gasteiger partial charge is 0.213 e. The molecule has 2 atom stereocenters. The van der Waals surface area contributed by atoms with E-state index in [-0.39, 0.29) is 48.4 Å². The zero-order valence-corrected chi connectivity index (χ0v) is 21.8. The fourth-order valence-corrected chi connectivity index (χ4v) is 4.42. The minimum absolute atomic E-state index is 0. The first-order valence-electron chi connectivity index (χ1n) is 10.3. The molecule has 11 heteroatoms. The standard InChI is InChI=1S/C19H36N6O3S.HI/c1-14(12-18-15(2)24-25(5)16(18)3)23-19(20-4)21-9-11-29(26,27)22-13-17-8-6-7-10-28-17;/h14,17,22H,6-13H2,1-5H3,(H2,20,21,23);1H. The molecule has 30 heavy (non-hydrogen) atoms. The Balaban J connectivity index is 0.00000450. The lowest BCUT2D eigenvalue weighted by molar-refractivity contribution is 0.0200. The maximum Gasteiger partial charge on any atom is 0.213 e. The summed E-state index contributed by atoms with van der Waals surface area (Å²) in [5.74, 6) is 0.567. The van der Waals surface area contributed by atoms with Crippen LogP contribution < -0.4 is 15.4 Å². The SMILES string of the molecule is CN=C(NCCS(=O)(=O)NCC1CCCCO1)NC(C)Cc1c(C)nn(C)c1C.I. The van der Waals surface area contributed by atoms with E-state index in [0.29, 0.717) is 19.1 Å². The normalized spacial score (nSPS) is 18.6. The van der Waals surface area contributed by atoms with Crippen LogP contribution in [0.25, 0.3) is 0 Å². The van der Waals surface area contributed by atoms with Crippen LogP contribution in [0.2, 0.25) is 0 Å². The van der Waals surface area contributed by atoms with Gasteiger partial charge in [0.1, 0.15) is 0 Å².